The van der Waals surface area contributed by atoms with Crippen molar-refractivity contribution in [2.75, 3.05) is 6.54 Å². The highest BCUT2D eigenvalue weighted by Gasteiger charge is 2.46. The number of carboxylic acid groups (broad SMARTS) is 1. The van der Waals surface area contributed by atoms with Crippen LogP contribution in [0.4, 0.5) is 8.78 Å². The summed E-state index contributed by atoms with van der Waals surface area (Å²) < 4.78 is 26.3. The Morgan fingerprint density at radius 1 is 1.26 bits per heavy atom. The molecule has 23 heavy (non-hydrogen) atoms. The van der Waals surface area contributed by atoms with E-state index in [2.05, 4.69) is 10.3 Å². The Labute approximate surface area is 129 Å². The van der Waals surface area contributed by atoms with E-state index in [1.807, 2.05) is 0 Å². The summed E-state index contributed by atoms with van der Waals surface area (Å²) in [6.07, 6.45) is 0.150. The smallest absolute Gasteiger partial charge is 0.306 e. The van der Waals surface area contributed by atoms with Crippen LogP contribution in [0.25, 0.3) is 10.9 Å². The summed E-state index contributed by atoms with van der Waals surface area (Å²) in [5.74, 6) is -4.15. The number of benzene rings is 1. The Morgan fingerprint density at radius 2 is 1.91 bits per heavy atom. The molecule has 1 heterocycles. The molecule has 8 heteroatoms. The van der Waals surface area contributed by atoms with Gasteiger partial charge in [0.1, 0.15) is 5.69 Å². The van der Waals surface area contributed by atoms with Gasteiger partial charge >= 0.3 is 5.97 Å². The first kappa shape index (κ1) is 15.4. The number of hydrogen-bond acceptors (Lipinski definition) is 3. The molecule has 4 N–H and O–H groups in total. The molecular weight excluding hydrogens is 310 g/mol. The molecule has 0 bridgehead atoms. The van der Waals surface area contributed by atoms with Gasteiger partial charge in [-0.3, -0.25) is 9.59 Å². The van der Waals surface area contributed by atoms with Gasteiger partial charge in [-0.15, -0.1) is 0 Å². The van der Waals surface area contributed by atoms with E-state index in [0.29, 0.717) is 5.39 Å². The fourth-order valence-corrected chi connectivity index (χ4v) is 2.77. The van der Waals surface area contributed by atoms with E-state index in [1.165, 1.54) is 6.07 Å². The Kier molecular flexibility index (Phi) is 3.56. The number of carboxylic acids is 1. The monoisotopic (exact) mass is 324 g/mol. The van der Waals surface area contributed by atoms with E-state index < -0.39 is 35.0 Å². The zero-order valence-electron chi connectivity index (χ0n) is 11.9. The number of amides is 1. The van der Waals surface area contributed by atoms with E-state index in [9.17, 15) is 23.5 Å². The van der Waals surface area contributed by atoms with Crippen LogP contribution in [0.2, 0.25) is 0 Å². The normalized spacial score (nSPS) is 23.5. The number of hydrogen-bond donors (Lipinski definition) is 4. The number of halogens is 2. The lowest BCUT2D eigenvalue weighted by Crippen LogP contribution is -2.54. The van der Waals surface area contributed by atoms with Gasteiger partial charge in [-0.25, -0.2) is 8.78 Å². The molecule has 2 aromatic rings. The van der Waals surface area contributed by atoms with Gasteiger partial charge in [-0.1, -0.05) is 0 Å². The Balaban J connectivity index is 1.66. The van der Waals surface area contributed by atoms with Crippen LogP contribution in [0.1, 0.15) is 23.3 Å². The summed E-state index contributed by atoms with van der Waals surface area (Å²) in [6, 6.07) is 3.31. The molecule has 3 rings (SSSR count). The van der Waals surface area contributed by atoms with E-state index in [-0.39, 0.29) is 30.6 Å². The first-order valence-electron chi connectivity index (χ1n) is 6.98. The van der Waals surface area contributed by atoms with Crippen LogP contribution >= 0.6 is 0 Å². The minimum absolute atomic E-state index is 0.0751. The predicted molar refractivity (Wildman–Crippen MR) is 75.9 cm³/mol. The third kappa shape index (κ3) is 2.89. The number of carbonyl (C=O) groups excluding carboxylic acids is 1. The molecule has 0 spiro atoms. The summed E-state index contributed by atoms with van der Waals surface area (Å²) in [5.41, 5.74) is -0.854. The standard InChI is InChI=1S/C15H14F2N2O4/c16-9-1-7-2-12(19-11(7)3-10(9)17)13(20)18-6-15(23)4-8(5-15)14(21)22/h1-3,8,19,23H,4-6H2,(H,18,20)(H,21,22). The molecular formula is C15H14F2N2O4. The summed E-state index contributed by atoms with van der Waals surface area (Å²) in [6.45, 7) is -0.0896. The van der Waals surface area contributed by atoms with Gasteiger partial charge in [0.15, 0.2) is 11.6 Å². The van der Waals surface area contributed by atoms with Gasteiger partial charge < -0.3 is 20.5 Å². The third-order valence-electron chi connectivity index (χ3n) is 4.09. The van der Waals surface area contributed by atoms with Crippen LogP contribution in [-0.2, 0) is 4.79 Å². The largest absolute Gasteiger partial charge is 0.481 e. The number of aromatic amines is 1. The number of nitrogens with one attached hydrogen (secondary N) is 2. The molecule has 122 valence electrons. The highest BCUT2D eigenvalue weighted by atomic mass is 19.2. The lowest BCUT2D eigenvalue weighted by Gasteiger charge is -2.41. The summed E-state index contributed by atoms with van der Waals surface area (Å²) in [4.78, 5) is 25.4. The fourth-order valence-electron chi connectivity index (χ4n) is 2.77. The summed E-state index contributed by atoms with van der Waals surface area (Å²) >= 11 is 0. The lowest BCUT2D eigenvalue weighted by atomic mass is 9.71. The second-order valence-electron chi connectivity index (χ2n) is 5.89. The molecule has 0 atom stereocenters. The highest BCUT2D eigenvalue weighted by Crippen LogP contribution is 2.37. The van der Waals surface area contributed by atoms with Crippen molar-refractivity contribution < 1.29 is 28.6 Å². The molecule has 1 aromatic carbocycles. The molecule has 1 amide bonds. The van der Waals surface area contributed by atoms with Crippen molar-refractivity contribution in [1.82, 2.24) is 10.3 Å². The SMILES string of the molecule is O=C(NCC1(O)CC(C(=O)O)C1)c1cc2cc(F)c(F)cc2[nH]1. The van der Waals surface area contributed by atoms with Crippen molar-refractivity contribution in [1.29, 1.82) is 0 Å². The van der Waals surface area contributed by atoms with Crippen LogP contribution in [0, 0.1) is 17.6 Å². The maximum Gasteiger partial charge on any atom is 0.306 e. The molecule has 1 aromatic heterocycles. The maximum atomic E-state index is 13.1. The van der Waals surface area contributed by atoms with Crippen LogP contribution < -0.4 is 5.32 Å². The topological polar surface area (TPSA) is 102 Å². The molecule has 6 nitrogen and oxygen atoms in total. The first-order chi connectivity index (χ1) is 10.8. The van der Waals surface area contributed by atoms with Gasteiger partial charge in [0, 0.05) is 23.5 Å². The number of fused-ring (bicyclic) bond motifs is 1. The average molecular weight is 324 g/mol. The average Bonchev–Trinajstić information content (AvgIpc) is 2.85. The van der Waals surface area contributed by atoms with Crippen molar-refractivity contribution >= 4 is 22.8 Å². The zero-order valence-corrected chi connectivity index (χ0v) is 11.9. The molecule has 0 radical (unpaired) electrons. The molecule has 0 aliphatic heterocycles. The van der Waals surface area contributed by atoms with Gasteiger partial charge in [-0.05, 0) is 25.0 Å². The molecule has 0 unspecified atom stereocenters. The molecule has 0 saturated heterocycles. The number of aliphatic hydroxyl groups is 1. The van der Waals surface area contributed by atoms with Crippen LogP contribution in [-0.4, -0.2) is 39.2 Å². The van der Waals surface area contributed by atoms with Crippen LogP contribution in [0.5, 0.6) is 0 Å². The Bertz CT molecular complexity index is 757. The van der Waals surface area contributed by atoms with Gasteiger partial charge in [0.2, 0.25) is 0 Å². The van der Waals surface area contributed by atoms with E-state index in [1.54, 1.807) is 0 Å². The molecule has 1 saturated carbocycles. The number of rotatable bonds is 4. The number of aliphatic carboxylic acids is 1. The zero-order chi connectivity index (χ0) is 16.8. The van der Waals surface area contributed by atoms with E-state index in [4.69, 9.17) is 5.11 Å². The summed E-state index contributed by atoms with van der Waals surface area (Å²) in [7, 11) is 0. The van der Waals surface area contributed by atoms with E-state index >= 15 is 0 Å². The van der Waals surface area contributed by atoms with E-state index in [0.717, 1.165) is 12.1 Å². The number of aromatic nitrogens is 1. The predicted octanol–water partition coefficient (Wildman–Crippen LogP) is 1.40. The molecule has 1 aliphatic carbocycles. The maximum absolute atomic E-state index is 13.1. The molecule has 1 aliphatic rings. The minimum atomic E-state index is -1.23. The van der Waals surface area contributed by atoms with Gasteiger partial charge in [0.25, 0.3) is 5.91 Å². The van der Waals surface area contributed by atoms with Crippen LogP contribution in [0.15, 0.2) is 18.2 Å². The third-order valence-corrected chi connectivity index (χ3v) is 4.09. The Hall–Kier alpha value is -2.48. The second-order valence-corrected chi connectivity index (χ2v) is 5.89. The van der Waals surface area contributed by atoms with Crippen molar-refractivity contribution in [3.63, 3.8) is 0 Å². The highest BCUT2D eigenvalue weighted by molar-refractivity contribution is 5.98. The van der Waals surface area contributed by atoms with Gasteiger partial charge in [0.05, 0.1) is 11.5 Å². The lowest BCUT2D eigenvalue weighted by molar-refractivity contribution is -0.157. The van der Waals surface area contributed by atoms with Crippen LogP contribution in [0.3, 0.4) is 0 Å². The fraction of sp³-hybridized carbons (Fsp3) is 0.333. The number of H-pyrrole nitrogens is 1. The van der Waals surface area contributed by atoms with Gasteiger partial charge in [-0.2, -0.15) is 0 Å². The second kappa shape index (κ2) is 5.31. The quantitative estimate of drug-likeness (QED) is 0.683. The van der Waals surface area contributed by atoms with Crippen molar-refractivity contribution in [3.8, 4) is 0 Å². The van der Waals surface area contributed by atoms with Crippen molar-refractivity contribution in [2.45, 2.75) is 18.4 Å². The van der Waals surface area contributed by atoms with Crippen molar-refractivity contribution in [3.05, 3.63) is 35.5 Å². The number of carbonyl (C=O) groups is 2. The summed E-state index contributed by atoms with van der Waals surface area (Å²) in [5, 5.41) is 21.7. The van der Waals surface area contributed by atoms with Crippen molar-refractivity contribution in [2.24, 2.45) is 5.92 Å². The first-order valence-corrected chi connectivity index (χ1v) is 6.98. The molecule has 1 fully saturated rings. The minimum Gasteiger partial charge on any atom is -0.481 e. The Morgan fingerprint density at radius 3 is 2.57 bits per heavy atom.